The summed E-state index contributed by atoms with van der Waals surface area (Å²) in [5.41, 5.74) is 2.70. The van der Waals surface area contributed by atoms with Gasteiger partial charge >= 0.3 is 0 Å². The molecule has 0 unspecified atom stereocenters. The zero-order valence-electron chi connectivity index (χ0n) is 9.36. The molecule has 2 rings (SSSR count). The molecule has 1 atom stereocenters. The van der Waals surface area contributed by atoms with Crippen LogP contribution >= 0.6 is 0 Å². The Morgan fingerprint density at radius 3 is 2.93 bits per heavy atom. The molecule has 0 fully saturated rings. The zero-order valence-corrected chi connectivity index (χ0v) is 9.36. The predicted octanol–water partition coefficient (Wildman–Crippen LogP) is 2.54. The summed E-state index contributed by atoms with van der Waals surface area (Å²) in [5.74, 6) is 0.261. The fourth-order valence-electron chi connectivity index (χ4n) is 2.32. The summed E-state index contributed by atoms with van der Waals surface area (Å²) >= 11 is 0. The lowest BCUT2D eigenvalue weighted by Crippen LogP contribution is -2.38. The lowest BCUT2D eigenvalue weighted by Gasteiger charge is -2.35. The van der Waals surface area contributed by atoms with Crippen molar-refractivity contribution in [2.45, 2.75) is 32.7 Å². The Labute approximate surface area is 90.9 Å². The number of amides is 1. The Morgan fingerprint density at radius 1 is 1.47 bits per heavy atom. The molecule has 2 nitrogen and oxygen atoms in total. The van der Waals surface area contributed by atoms with E-state index in [0.717, 1.165) is 13.0 Å². The monoisotopic (exact) mass is 203 g/mol. The molecule has 0 spiro atoms. The number of fused-ring (bicyclic) bond motifs is 1. The molecule has 0 radical (unpaired) electrons. The van der Waals surface area contributed by atoms with Gasteiger partial charge in [-0.15, -0.1) is 0 Å². The van der Waals surface area contributed by atoms with Crippen molar-refractivity contribution >= 4 is 5.91 Å². The predicted molar refractivity (Wildman–Crippen MR) is 60.6 cm³/mol. The van der Waals surface area contributed by atoms with Gasteiger partial charge in [0.05, 0.1) is 6.04 Å². The maximum atomic E-state index is 11.7. The summed E-state index contributed by atoms with van der Waals surface area (Å²) in [6.07, 6.45) is 1.60. The van der Waals surface area contributed by atoms with Crippen LogP contribution in [0.1, 0.15) is 37.4 Å². The van der Waals surface area contributed by atoms with Crippen LogP contribution in [0.25, 0.3) is 0 Å². The molecule has 0 N–H and O–H groups in total. The van der Waals surface area contributed by atoms with Gasteiger partial charge < -0.3 is 4.90 Å². The van der Waals surface area contributed by atoms with Crippen LogP contribution in [0.2, 0.25) is 0 Å². The van der Waals surface area contributed by atoms with Gasteiger partial charge in [0, 0.05) is 13.0 Å². The fourth-order valence-corrected chi connectivity index (χ4v) is 2.32. The van der Waals surface area contributed by atoms with Crippen molar-refractivity contribution in [3.63, 3.8) is 0 Å². The number of carbonyl (C=O) groups is 1. The Bertz CT molecular complexity index is 373. The maximum Gasteiger partial charge on any atom is 0.222 e. The van der Waals surface area contributed by atoms with Crippen molar-refractivity contribution in [2.75, 3.05) is 6.54 Å². The molecule has 1 aliphatic heterocycles. The quantitative estimate of drug-likeness (QED) is 0.687. The van der Waals surface area contributed by atoms with Crippen LogP contribution in [0.4, 0.5) is 0 Å². The standard InChI is InChI=1S/C13H17NO/c1-3-13(15)14-9-8-11-6-4-5-7-12(11)10(14)2/h4-7,10H,3,8-9H2,1-2H3/t10-/m0/s1. The smallest absolute Gasteiger partial charge is 0.222 e. The molecule has 2 heteroatoms. The minimum absolute atomic E-state index is 0.238. The number of nitrogens with zero attached hydrogens (tertiary/aromatic N) is 1. The molecule has 1 aromatic rings. The number of carbonyl (C=O) groups excluding carboxylic acids is 1. The first-order valence-electron chi connectivity index (χ1n) is 5.61. The van der Waals surface area contributed by atoms with Gasteiger partial charge in [0.2, 0.25) is 5.91 Å². The van der Waals surface area contributed by atoms with Gasteiger partial charge in [-0.2, -0.15) is 0 Å². The number of hydrogen-bond donors (Lipinski definition) is 0. The molecular formula is C13H17NO. The molecule has 0 saturated carbocycles. The lowest BCUT2D eigenvalue weighted by molar-refractivity contribution is -0.133. The van der Waals surface area contributed by atoms with Crippen molar-refractivity contribution in [3.8, 4) is 0 Å². The average molecular weight is 203 g/mol. The van der Waals surface area contributed by atoms with Gasteiger partial charge in [-0.1, -0.05) is 31.2 Å². The molecule has 0 saturated heterocycles. The minimum Gasteiger partial charge on any atom is -0.336 e. The SMILES string of the molecule is CCC(=O)N1CCc2ccccc2[C@@H]1C. The zero-order chi connectivity index (χ0) is 10.8. The summed E-state index contributed by atoms with van der Waals surface area (Å²) < 4.78 is 0. The number of rotatable bonds is 1. The molecule has 0 aliphatic carbocycles. The van der Waals surface area contributed by atoms with Crippen molar-refractivity contribution in [2.24, 2.45) is 0 Å². The molecule has 1 aromatic carbocycles. The summed E-state index contributed by atoms with van der Waals surface area (Å²) in [5, 5.41) is 0. The summed E-state index contributed by atoms with van der Waals surface area (Å²) in [7, 11) is 0. The Hall–Kier alpha value is -1.31. The van der Waals surface area contributed by atoms with E-state index in [1.807, 2.05) is 11.8 Å². The third kappa shape index (κ3) is 1.76. The van der Waals surface area contributed by atoms with Gasteiger partial charge in [0.1, 0.15) is 0 Å². The molecule has 0 aromatic heterocycles. The van der Waals surface area contributed by atoms with E-state index >= 15 is 0 Å². The summed E-state index contributed by atoms with van der Waals surface area (Å²) in [6.45, 7) is 4.91. The molecule has 80 valence electrons. The Morgan fingerprint density at radius 2 is 2.20 bits per heavy atom. The third-order valence-electron chi connectivity index (χ3n) is 3.22. The van der Waals surface area contributed by atoms with Crippen molar-refractivity contribution in [3.05, 3.63) is 35.4 Å². The summed E-state index contributed by atoms with van der Waals surface area (Å²) in [4.78, 5) is 13.7. The molecule has 1 amide bonds. The van der Waals surface area contributed by atoms with E-state index < -0.39 is 0 Å². The van der Waals surface area contributed by atoms with Crippen LogP contribution in [0, 0.1) is 0 Å². The summed E-state index contributed by atoms with van der Waals surface area (Å²) in [6, 6.07) is 8.66. The van der Waals surface area contributed by atoms with E-state index in [2.05, 4.69) is 31.2 Å². The van der Waals surface area contributed by atoms with Crippen molar-refractivity contribution in [1.29, 1.82) is 0 Å². The van der Waals surface area contributed by atoms with Crippen LogP contribution in [0.3, 0.4) is 0 Å². The van der Waals surface area contributed by atoms with Gasteiger partial charge in [-0.3, -0.25) is 4.79 Å². The van der Waals surface area contributed by atoms with E-state index in [0.29, 0.717) is 6.42 Å². The highest BCUT2D eigenvalue weighted by molar-refractivity contribution is 5.76. The first-order chi connectivity index (χ1) is 7.24. The molecule has 1 heterocycles. The second kappa shape index (κ2) is 4.05. The van der Waals surface area contributed by atoms with E-state index in [1.165, 1.54) is 11.1 Å². The van der Waals surface area contributed by atoms with Crippen molar-refractivity contribution < 1.29 is 4.79 Å². The van der Waals surface area contributed by atoms with Gasteiger partial charge in [-0.25, -0.2) is 0 Å². The second-order valence-corrected chi connectivity index (χ2v) is 4.07. The first-order valence-corrected chi connectivity index (χ1v) is 5.61. The highest BCUT2D eigenvalue weighted by Gasteiger charge is 2.25. The molecular weight excluding hydrogens is 186 g/mol. The molecule has 0 bridgehead atoms. The number of hydrogen-bond acceptors (Lipinski definition) is 1. The Balaban J connectivity index is 2.29. The topological polar surface area (TPSA) is 20.3 Å². The van der Waals surface area contributed by atoms with Crippen LogP contribution in [0.5, 0.6) is 0 Å². The highest BCUT2D eigenvalue weighted by atomic mass is 16.2. The van der Waals surface area contributed by atoms with E-state index in [4.69, 9.17) is 0 Å². The Kier molecular flexibility index (Phi) is 2.76. The minimum atomic E-state index is 0.238. The van der Waals surface area contributed by atoms with Crippen LogP contribution in [-0.4, -0.2) is 17.4 Å². The van der Waals surface area contributed by atoms with Crippen LogP contribution in [0.15, 0.2) is 24.3 Å². The van der Waals surface area contributed by atoms with Crippen LogP contribution in [-0.2, 0) is 11.2 Å². The second-order valence-electron chi connectivity index (χ2n) is 4.07. The van der Waals surface area contributed by atoms with E-state index in [9.17, 15) is 4.79 Å². The first kappa shape index (κ1) is 10.2. The highest BCUT2D eigenvalue weighted by Crippen LogP contribution is 2.29. The van der Waals surface area contributed by atoms with Gasteiger partial charge in [0.15, 0.2) is 0 Å². The number of benzene rings is 1. The van der Waals surface area contributed by atoms with E-state index in [-0.39, 0.29) is 11.9 Å². The van der Waals surface area contributed by atoms with E-state index in [1.54, 1.807) is 0 Å². The third-order valence-corrected chi connectivity index (χ3v) is 3.22. The maximum absolute atomic E-state index is 11.7. The average Bonchev–Trinajstić information content (AvgIpc) is 2.29. The fraction of sp³-hybridized carbons (Fsp3) is 0.462. The lowest BCUT2D eigenvalue weighted by atomic mass is 9.93. The normalized spacial score (nSPS) is 19.9. The van der Waals surface area contributed by atoms with Crippen molar-refractivity contribution in [1.82, 2.24) is 4.90 Å². The van der Waals surface area contributed by atoms with Crippen LogP contribution < -0.4 is 0 Å². The largest absolute Gasteiger partial charge is 0.336 e. The molecule has 1 aliphatic rings. The van der Waals surface area contributed by atoms with Gasteiger partial charge in [0.25, 0.3) is 0 Å². The molecule has 15 heavy (non-hydrogen) atoms. The van der Waals surface area contributed by atoms with Gasteiger partial charge in [-0.05, 0) is 24.5 Å².